The Morgan fingerprint density at radius 3 is 2.39 bits per heavy atom. The zero-order valence-electron chi connectivity index (χ0n) is 11.5. The molecule has 1 amide bonds. The minimum absolute atomic E-state index is 0.319. The number of halogens is 1. The van der Waals surface area contributed by atoms with Gasteiger partial charge in [0, 0.05) is 12.6 Å². The van der Waals surface area contributed by atoms with E-state index in [0.29, 0.717) is 5.56 Å². The third-order valence-electron chi connectivity index (χ3n) is 2.62. The van der Waals surface area contributed by atoms with E-state index in [1.165, 1.54) is 11.0 Å². The van der Waals surface area contributed by atoms with Gasteiger partial charge in [-0.3, -0.25) is 0 Å². The first kappa shape index (κ1) is 14.5. The highest BCUT2D eigenvalue weighted by molar-refractivity contribution is 5.68. The molecule has 1 rings (SSSR count). The molecule has 4 heteroatoms. The number of hydrogen-bond donors (Lipinski definition) is 0. The Morgan fingerprint density at radius 1 is 1.33 bits per heavy atom. The van der Waals surface area contributed by atoms with Crippen LogP contribution in [0.4, 0.5) is 9.18 Å². The summed E-state index contributed by atoms with van der Waals surface area (Å²) in [5.74, 6) is -0.319. The molecule has 0 aliphatic heterocycles. The van der Waals surface area contributed by atoms with Crippen LogP contribution in [0.25, 0.3) is 0 Å². The Kier molecular flexibility index (Phi) is 4.33. The summed E-state index contributed by atoms with van der Waals surface area (Å²) in [6.45, 7) is 7.16. The van der Waals surface area contributed by atoms with Gasteiger partial charge in [-0.05, 0) is 33.8 Å². The summed E-state index contributed by atoms with van der Waals surface area (Å²) in [5, 5.41) is 0. The van der Waals surface area contributed by atoms with Crippen LogP contribution in [0.3, 0.4) is 0 Å². The van der Waals surface area contributed by atoms with Gasteiger partial charge in [0.1, 0.15) is 11.4 Å². The van der Waals surface area contributed by atoms with Crippen molar-refractivity contribution in [3.8, 4) is 0 Å². The number of carbonyl (C=O) groups excluding carboxylic acids is 1. The molecule has 18 heavy (non-hydrogen) atoms. The molecular weight excluding hydrogens is 233 g/mol. The fourth-order valence-electron chi connectivity index (χ4n) is 1.51. The Morgan fingerprint density at radius 2 is 1.89 bits per heavy atom. The minimum atomic E-state index is -0.555. The molecule has 1 aromatic rings. The van der Waals surface area contributed by atoms with E-state index >= 15 is 0 Å². The molecule has 3 nitrogen and oxygen atoms in total. The van der Waals surface area contributed by atoms with Crippen molar-refractivity contribution in [2.24, 2.45) is 0 Å². The number of benzene rings is 1. The molecule has 0 fully saturated rings. The van der Waals surface area contributed by atoms with E-state index in [1.807, 2.05) is 0 Å². The van der Waals surface area contributed by atoms with Crippen LogP contribution >= 0.6 is 0 Å². The van der Waals surface area contributed by atoms with Crippen molar-refractivity contribution in [3.63, 3.8) is 0 Å². The number of rotatable bonds is 2. The van der Waals surface area contributed by atoms with Gasteiger partial charge in [0.2, 0.25) is 0 Å². The molecule has 0 heterocycles. The van der Waals surface area contributed by atoms with Gasteiger partial charge in [0.25, 0.3) is 0 Å². The lowest BCUT2D eigenvalue weighted by atomic mass is 10.1. The van der Waals surface area contributed by atoms with E-state index in [9.17, 15) is 9.18 Å². The molecule has 1 unspecified atom stereocenters. The van der Waals surface area contributed by atoms with E-state index in [1.54, 1.807) is 52.9 Å². The third-order valence-corrected chi connectivity index (χ3v) is 2.62. The van der Waals surface area contributed by atoms with Gasteiger partial charge in [0.05, 0.1) is 6.04 Å². The van der Waals surface area contributed by atoms with Crippen LogP contribution in [0, 0.1) is 5.82 Å². The van der Waals surface area contributed by atoms with Crippen molar-refractivity contribution in [1.29, 1.82) is 0 Å². The van der Waals surface area contributed by atoms with Crippen molar-refractivity contribution >= 4 is 6.09 Å². The fourth-order valence-corrected chi connectivity index (χ4v) is 1.51. The molecule has 100 valence electrons. The summed E-state index contributed by atoms with van der Waals surface area (Å²) in [7, 11) is 1.60. The average Bonchev–Trinajstić information content (AvgIpc) is 2.25. The normalized spacial score (nSPS) is 13.0. The molecule has 0 saturated heterocycles. The molecule has 0 aliphatic rings. The quantitative estimate of drug-likeness (QED) is 0.803. The van der Waals surface area contributed by atoms with Crippen LogP contribution in [0.1, 0.15) is 39.3 Å². The van der Waals surface area contributed by atoms with Gasteiger partial charge in [-0.25, -0.2) is 9.18 Å². The summed E-state index contributed by atoms with van der Waals surface area (Å²) in [6, 6.07) is 6.05. The van der Waals surface area contributed by atoms with Crippen molar-refractivity contribution in [3.05, 3.63) is 35.6 Å². The van der Waals surface area contributed by atoms with Crippen LogP contribution < -0.4 is 0 Å². The Labute approximate surface area is 108 Å². The monoisotopic (exact) mass is 253 g/mol. The molecule has 0 saturated carbocycles. The van der Waals surface area contributed by atoms with Crippen molar-refractivity contribution < 1.29 is 13.9 Å². The molecule has 0 spiro atoms. The number of carbonyl (C=O) groups is 1. The predicted molar refractivity (Wildman–Crippen MR) is 68.8 cm³/mol. The number of ether oxygens (including phenoxy) is 1. The van der Waals surface area contributed by atoms with Gasteiger partial charge in [-0.15, -0.1) is 0 Å². The first-order valence-corrected chi connectivity index (χ1v) is 5.92. The van der Waals surface area contributed by atoms with E-state index < -0.39 is 11.7 Å². The lowest BCUT2D eigenvalue weighted by Gasteiger charge is -2.29. The van der Waals surface area contributed by atoms with Crippen LogP contribution in [0.2, 0.25) is 0 Å². The third kappa shape index (κ3) is 3.72. The summed E-state index contributed by atoms with van der Waals surface area (Å²) in [4.78, 5) is 13.3. The maximum absolute atomic E-state index is 13.6. The van der Waals surface area contributed by atoms with E-state index in [-0.39, 0.29) is 11.9 Å². The number of hydrogen-bond acceptors (Lipinski definition) is 2. The topological polar surface area (TPSA) is 29.5 Å². The van der Waals surface area contributed by atoms with Gasteiger partial charge in [-0.1, -0.05) is 18.2 Å². The maximum Gasteiger partial charge on any atom is 0.410 e. The Hall–Kier alpha value is -1.58. The smallest absolute Gasteiger partial charge is 0.410 e. The second kappa shape index (κ2) is 5.38. The summed E-state index contributed by atoms with van der Waals surface area (Å²) in [6.07, 6.45) is -0.460. The van der Waals surface area contributed by atoms with Crippen molar-refractivity contribution in [2.75, 3.05) is 7.05 Å². The van der Waals surface area contributed by atoms with Gasteiger partial charge >= 0.3 is 6.09 Å². The predicted octanol–water partition coefficient (Wildman–Crippen LogP) is 3.75. The SMILES string of the molecule is CC(c1ccccc1F)N(C)C(=O)OC(C)(C)C. The van der Waals surface area contributed by atoms with E-state index in [2.05, 4.69) is 0 Å². The van der Waals surface area contributed by atoms with E-state index in [4.69, 9.17) is 4.74 Å². The second-order valence-electron chi connectivity index (χ2n) is 5.29. The standard InChI is InChI=1S/C14H20FNO2/c1-10(11-8-6-7-9-12(11)15)16(5)13(17)18-14(2,3)4/h6-10H,1-5H3. The Balaban J connectivity index is 2.82. The van der Waals surface area contributed by atoms with Gasteiger partial charge in [0.15, 0.2) is 0 Å². The highest BCUT2D eigenvalue weighted by atomic mass is 19.1. The minimum Gasteiger partial charge on any atom is -0.444 e. The largest absolute Gasteiger partial charge is 0.444 e. The maximum atomic E-state index is 13.6. The van der Waals surface area contributed by atoms with Crippen LogP contribution in [0.5, 0.6) is 0 Å². The molecule has 0 N–H and O–H groups in total. The van der Waals surface area contributed by atoms with E-state index in [0.717, 1.165) is 0 Å². The Bertz CT molecular complexity index is 426. The molecule has 0 aliphatic carbocycles. The average molecular weight is 253 g/mol. The first-order chi connectivity index (χ1) is 8.22. The number of nitrogens with zero attached hydrogens (tertiary/aromatic N) is 1. The molecule has 0 aromatic heterocycles. The van der Waals surface area contributed by atoms with Gasteiger partial charge < -0.3 is 9.64 Å². The molecule has 1 aromatic carbocycles. The van der Waals surface area contributed by atoms with Crippen LogP contribution in [-0.2, 0) is 4.74 Å². The zero-order chi connectivity index (χ0) is 13.9. The first-order valence-electron chi connectivity index (χ1n) is 5.92. The van der Waals surface area contributed by atoms with Crippen LogP contribution in [0.15, 0.2) is 24.3 Å². The molecule has 1 atom stereocenters. The lowest BCUT2D eigenvalue weighted by Crippen LogP contribution is -2.36. The summed E-state index contributed by atoms with van der Waals surface area (Å²) >= 11 is 0. The van der Waals surface area contributed by atoms with Crippen molar-refractivity contribution in [1.82, 2.24) is 4.90 Å². The summed E-state index contributed by atoms with van der Waals surface area (Å²) in [5.41, 5.74) is -0.0776. The second-order valence-corrected chi connectivity index (χ2v) is 5.29. The molecular formula is C14H20FNO2. The van der Waals surface area contributed by atoms with Gasteiger partial charge in [-0.2, -0.15) is 0 Å². The zero-order valence-corrected chi connectivity index (χ0v) is 11.5. The molecule has 0 radical (unpaired) electrons. The highest BCUT2D eigenvalue weighted by Crippen LogP contribution is 2.23. The summed E-state index contributed by atoms with van der Waals surface area (Å²) < 4.78 is 18.9. The number of amides is 1. The molecule has 0 bridgehead atoms. The van der Waals surface area contributed by atoms with Crippen molar-refractivity contribution in [2.45, 2.75) is 39.3 Å². The fraction of sp³-hybridized carbons (Fsp3) is 0.500. The highest BCUT2D eigenvalue weighted by Gasteiger charge is 2.24. The van der Waals surface area contributed by atoms with Crippen LogP contribution in [-0.4, -0.2) is 23.6 Å². The lowest BCUT2D eigenvalue weighted by molar-refractivity contribution is 0.0231.